The maximum atomic E-state index is 5.78. The summed E-state index contributed by atoms with van der Waals surface area (Å²) in [6.45, 7) is 2.45. The third-order valence-corrected chi connectivity index (χ3v) is 1.96. The molecule has 1 atom stereocenters. The first-order valence-electron chi connectivity index (χ1n) is 3.97. The van der Waals surface area contributed by atoms with Gasteiger partial charge >= 0.3 is 0 Å². The monoisotopic (exact) mass is 165 g/mol. The number of hydrogen-bond acceptors (Lipinski definition) is 3. The highest BCUT2D eigenvalue weighted by Crippen LogP contribution is 2.17. The number of hydrogen-bond donors (Lipinski definition) is 3. The van der Waals surface area contributed by atoms with E-state index in [1.54, 1.807) is 0 Å². The maximum absolute atomic E-state index is 5.78. The van der Waals surface area contributed by atoms with Gasteiger partial charge < -0.3 is 17.2 Å². The van der Waals surface area contributed by atoms with Crippen LogP contribution in [0.25, 0.3) is 0 Å². The van der Waals surface area contributed by atoms with Gasteiger partial charge in [-0.15, -0.1) is 0 Å². The van der Waals surface area contributed by atoms with E-state index in [-0.39, 0.29) is 6.04 Å². The average molecular weight is 165 g/mol. The maximum Gasteiger partial charge on any atom is 0.0422 e. The Kier molecular flexibility index (Phi) is 2.68. The second-order valence-electron chi connectivity index (χ2n) is 2.96. The summed E-state index contributed by atoms with van der Waals surface area (Å²) in [5.74, 6) is 0. The largest absolute Gasteiger partial charge is 0.399 e. The predicted octanol–water partition coefficient (Wildman–Crippen LogP) is 0.536. The molecule has 6 N–H and O–H groups in total. The van der Waals surface area contributed by atoms with Gasteiger partial charge in [-0.2, -0.15) is 0 Å². The molecule has 0 aliphatic carbocycles. The van der Waals surface area contributed by atoms with E-state index in [1.165, 1.54) is 0 Å². The van der Waals surface area contributed by atoms with Gasteiger partial charge in [-0.25, -0.2) is 0 Å². The summed E-state index contributed by atoms with van der Waals surface area (Å²) < 4.78 is 0. The van der Waals surface area contributed by atoms with E-state index in [4.69, 9.17) is 17.2 Å². The van der Waals surface area contributed by atoms with Gasteiger partial charge in [-0.3, -0.25) is 0 Å². The van der Waals surface area contributed by atoms with Crippen LogP contribution in [0, 0.1) is 6.92 Å². The molecule has 0 aromatic heterocycles. The van der Waals surface area contributed by atoms with Crippen molar-refractivity contribution in [3.05, 3.63) is 29.3 Å². The van der Waals surface area contributed by atoms with Gasteiger partial charge in [-0.1, -0.05) is 6.07 Å². The number of benzene rings is 1. The summed E-state index contributed by atoms with van der Waals surface area (Å²) in [6, 6.07) is 5.60. The molecular formula is C9H15N3. The molecule has 1 aromatic carbocycles. The van der Waals surface area contributed by atoms with Crippen LogP contribution in [0.1, 0.15) is 17.2 Å². The Labute approximate surface area is 72.5 Å². The fraction of sp³-hybridized carbons (Fsp3) is 0.333. The molecule has 0 heterocycles. The molecular weight excluding hydrogens is 150 g/mol. The summed E-state index contributed by atoms with van der Waals surface area (Å²) in [5, 5.41) is 0. The molecule has 0 saturated carbocycles. The van der Waals surface area contributed by atoms with E-state index in [9.17, 15) is 0 Å². The van der Waals surface area contributed by atoms with Crippen molar-refractivity contribution in [1.82, 2.24) is 0 Å². The fourth-order valence-electron chi connectivity index (χ4n) is 1.19. The van der Waals surface area contributed by atoms with E-state index in [0.29, 0.717) is 6.54 Å². The summed E-state index contributed by atoms with van der Waals surface area (Å²) in [5.41, 5.74) is 19.8. The van der Waals surface area contributed by atoms with Crippen molar-refractivity contribution in [1.29, 1.82) is 0 Å². The lowest BCUT2D eigenvalue weighted by atomic mass is 10.0. The van der Waals surface area contributed by atoms with Gasteiger partial charge in [0.1, 0.15) is 0 Å². The second kappa shape index (κ2) is 3.56. The zero-order valence-corrected chi connectivity index (χ0v) is 7.25. The Hall–Kier alpha value is -1.06. The lowest BCUT2D eigenvalue weighted by Crippen LogP contribution is -2.21. The van der Waals surface area contributed by atoms with E-state index in [1.807, 2.05) is 25.1 Å². The Morgan fingerprint density at radius 1 is 1.42 bits per heavy atom. The van der Waals surface area contributed by atoms with Crippen LogP contribution >= 0.6 is 0 Å². The summed E-state index contributed by atoms with van der Waals surface area (Å²) in [6.07, 6.45) is 0. The molecule has 0 saturated heterocycles. The average Bonchev–Trinajstić information content (AvgIpc) is 2.08. The van der Waals surface area contributed by atoms with E-state index >= 15 is 0 Å². The third kappa shape index (κ3) is 1.75. The molecule has 0 fully saturated rings. The number of rotatable bonds is 2. The molecule has 0 aliphatic heterocycles. The van der Waals surface area contributed by atoms with Crippen LogP contribution in [-0.2, 0) is 0 Å². The summed E-state index contributed by atoms with van der Waals surface area (Å²) >= 11 is 0. The quantitative estimate of drug-likeness (QED) is 0.559. The van der Waals surface area contributed by atoms with Crippen molar-refractivity contribution < 1.29 is 0 Å². The van der Waals surface area contributed by atoms with Crippen molar-refractivity contribution in [2.45, 2.75) is 13.0 Å². The van der Waals surface area contributed by atoms with Crippen LogP contribution in [0.15, 0.2) is 18.2 Å². The molecule has 0 unspecified atom stereocenters. The summed E-state index contributed by atoms with van der Waals surface area (Å²) in [7, 11) is 0. The number of anilines is 1. The number of aryl methyl sites for hydroxylation is 1. The molecule has 3 heteroatoms. The molecule has 1 aromatic rings. The SMILES string of the molecule is Cc1ccc(N)cc1[C@H](N)CN. The minimum Gasteiger partial charge on any atom is -0.399 e. The van der Waals surface area contributed by atoms with Crippen LogP contribution in [0.2, 0.25) is 0 Å². The summed E-state index contributed by atoms with van der Waals surface area (Å²) in [4.78, 5) is 0. The second-order valence-corrected chi connectivity index (χ2v) is 2.96. The first-order valence-corrected chi connectivity index (χ1v) is 3.97. The van der Waals surface area contributed by atoms with Gasteiger partial charge in [-0.05, 0) is 30.2 Å². The third-order valence-electron chi connectivity index (χ3n) is 1.96. The van der Waals surface area contributed by atoms with Crippen molar-refractivity contribution in [3.8, 4) is 0 Å². The van der Waals surface area contributed by atoms with E-state index < -0.39 is 0 Å². The molecule has 0 amide bonds. The highest BCUT2D eigenvalue weighted by Gasteiger charge is 2.06. The lowest BCUT2D eigenvalue weighted by Gasteiger charge is -2.12. The fourth-order valence-corrected chi connectivity index (χ4v) is 1.19. The van der Waals surface area contributed by atoms with Gasteiger partial charge in [0, 0.05) is 18.3 Å². The van der Waals surface area contributed by atoms with Crippen LogP contribution < -0.4 is 17.2 Å². The van der Waals surface area contributed by atoms with Gasteiger partial charge in [0.05, 0.1) is 0 Å². The molecule has 3 nitrogen and oxygen atoms in total. The van der Waals surface area contributed by atoms with Crippen molar-refractivity contribution >= 4 is 5.69 Å². The molecule has 0 spiro atoms. The van der Waals surface area contributed by atoms with Crippen molar-refractivity contribution in [2.75, 3.05) is 12.3 Å². The Morgan fingerprint density at radius 2 is 2.08 bits per heavy atom. The van der Waals surface area contributed by atoms with Crippen molar-refractivity contribution in [3.63, 3.8) is 0 Å². The smallest absolute Gasteiger partial charge is 0.0422 e. The Morgan fingerprint density at radius 3 is 2.67 bits per heavy atom. The first-order chi connectivity index (χ1) is 5.65. The van der Waals surface area contributed by atoms with E-state index in [2.05, 4.69) is 0 Å². The van der Waals surface area contributed by atoms with Crippen LogP contribution in [-0.4, -0.2) is 6.54 Å². The lowest BCUT2D eigenvalue weighted by molar-refractivity contribution is 0.732. The molecule has 66 valence electrons. The Bertz CT molecular complexity index is 270. The Balaban J connectivity index is 3.04. The number of nitrogens with two attached hydrogens (primary N) is 3. The van der Waals surface area contributed by atoms with Gasteiger partial charge in [0.15, 0.2) is 0 Å². The zero-order valence-electron chi connectivity index (χ0n) is 7.25. The van der Waals surface area contributed by atoms with Gasteiger partial charge in [0.2, 0.25) is 0 Å². The molecule has 0 radical (unpaired) electrons. The zero-order chi connectivity index (χ0) is 9.14. The van der Waals surface area contributed by atoms with Crippen LogP contribution in [0.5, 0.6) is 0 Å². The van der Waals surface area contributed by atoms with Crippen LogP contribution in [0.4, 0.5) is 5.69 Å². The van der Waals surface area contributed by atoms with Crippen molar-refractivity contribution in [2.24, 2.45) is 11.5 Å². The normalized spacial score (nSPS) is 12.9. The minimum absolute atomic E-state index is 0.103. The molecule has 12 heavy (non-hydrogen) atoms. The topological polar surface area (TPSA) is 78.1 Å². The number of nitrogen functional groups attached to an aromatic ring is 1. The molecule has 0 bridgehead atoms. The highest BCUT2D eigenvalue weighted by molar-refractivity contribution is 5.45. The first kappa shape index (κ1) is 9.03. The highest BCUT2D eigenvalue weighted by atomic mass is 14.7. The van der Waals surface area contributed by atoms with Crippen LogP contribution in [0.3, 0.4) is 0 Å². The molecule has 1 rings (SSSR count). The molecule has 0 aliphatic rings. The van der Waals surface area contributed by atoms with E-state index in [0.717, 1.165) is 16.8 Å². The minimum atomic E-state index is -0.103. The standard InChI is InChI=1S/C9H15N3/c1-6-2-3-7(11)4-8(6)9(12)5-10/h2-4,9H,5,10-12H2,1H3/t9-/m1/s1. The van der Waals surface area contributed by atoms with Gasteiger partial charge in [0.25, 0.3) is 0 Å². The predicted molar refractivity (Wildman–Crippen MR) is 51.6 cm³/mol.